The summed E-state index contributed by atoms with van der Waals surface area (Å²) < 4.78 is 87.5. The smallest absolute Gasteiger partial charge is 0.309 e. The molecule has 146 valence electrons. The maximum atomic E-state index is 14.0. The van der Waals surface area contributed by atoms with Gasteiger partial charge in [-0.25, -0.2) is 22.0 Å². The van der Waals surface area contributed by atoms with Crippen LogP contribution in [0, 0.1) is 29.1 Å². The summed E-state index contributed by atoms with van der Waals surface area (Å²) in [6, 6.07) is 0. The number of esters is 1. The highest BCUT2D eigenvalue weighted by Crippen LogP contribution is 2.37. The summed E-state index contributed by atoms with van der Waals surface area (Å²) in [5.74, 6) is -12.2. The molecule has 0 aliphatic carbocycles. The molecule has 11 heteroatoms. The van der Waals surface area contributed by atoms with Crippen LogP contribution in [0.5, 0.6) is 0 Å². The van der Waals surface area contributed by atoms with E-state index in [-0.39, 0.29) is 13.2 Å². The van der Waals surface area contributed by atoms with E-state index in [4.69, 9.17) is 18.9 Å². The quantitative estimate of drug-likeness (QED) is 0.192. The molecular weight excluding hydrogens is 371 g/mol. The molecule has 0 amide bonds. The van der Waals surface area contributed by atoms with Gasteiger partial charge in [-0.2, -0.15) is 0 Å². The Morgan fingerprint density at radius 3 is 2.19 bits per heavy atom. The van der Waals surface area contributed by atoms with Gasteiger partial charge in [0.15, 0.2) is 29.4 Å². The standard InChI is InChI=1S/C15H15F5O6/c1-23-2-3-24-5-25-14-6(21)4-7(22)26-15(14)8-9(16)11(18)13(20)12(19)10(8)17/h6,14-15,21H,2-5H2,1H3/t6-,14+,15+/m1/s1. The van der Waals surface area contributed by atoms with E-state index in [1.807, 2.05) is 0 Å². The summed E-state index contributed by atoms with van der Waals surface area (Å²) in [6.45, 7) is -0.229. The second kappa shape index (κ2) is 8.71. The minimum Gasteiger partial charge on any atom is -0.454 e. The zero-order valence-electron chi connectivity index (χ0n) is 13.4. The van der Waals surface area contributed by atoms with Gasteiger partial charge in [-0.3, -0.25) is 4.79 Å². The average Bonchev–Trinajstić information content (AvgIpc) is 2.60. The van der Waals surface area contributed by atoms with Crippen LogP contribution < -0.4 is 0 Å². The lowest BCUT2D eigenvalue weighted by Crippen LogP contribution is -2.44. The van der Waals surface area contributed by atoms with Crippen molar-refractivity contribution < 1.29 is 50.8 Å². The number of aliphatic hydroxyl groups is 1. The molecule has 1 aliphatic heterocycles. The van der Waals surface area contributed by atoms with Gasteiger partial charge in [0.2, 0.25) is 5.82 Å². The van der Waals surface area contributed by atoms with Crippen LogP contribution in [0.25, 0.3) is 0 Å². The van der Waals surface area contributed by atoms with Gasteiger partial charge in [0.1, 0.15) is 12.9 Å². The van der Waals surface area contributed by atoms with Gasteiger partial charge in [0, 0.05) is 7.11 Å². The molecule has 1 fully saturated rings. The minimum absolute atomic E-state index is 0.0757. The van der Waals surface area contributed by atoms with Gasteiger partial charge in [-0.15, -0.1) is 0 Å². The summed E-state index contributed by atoms with van der Waals surface area (Å²) in [5.41, 5.74) is -1.41. The first-order chi connectivity index (χ1) is 12.3. The summed E-state index contributed by atoms with van der Waals surface area (Å²) in [7, 11) is 1.41. The Kier molecular flexibility index (Phi) is 6.87. The topological polar surface area (TPSA) is 74.2 Å². The van der Waals surface area contributed by atoms with Gasteiger partial charge in [-0.1, -0.05) is 0 Å². The monoisotopic (exact) mass is 386 g/mol. The molecular formula is C15H15F5O6. The number of benzene rings is 1. The van der Waals surface area contributed by atoms with Crippen LogP contribution in [0.15, 0.2) is 0 Å². The van der Waals surface area contributed by atoms with Crippen LogP contribution in [0.4, 0.5) is 22.0 Å². The highest BCUT2D eigenvalue weighted by atomic mass is 19.2. The van der Waals surface area contributed by atoms with Gasteiger partial charge >= 0.3 is 5.97 Å². The van der Waals surface area contributed by atoms with E-state index in [0.717, 1.165) is 0 Å². The van der Waals surface area contributed by atoms with Crippen LogP contribution in [-0.2, 0) is 23.7 Å². The molecule has 1 heterocycles. The van der Waals surface area contributed by atoms with Crippen LogP contribution in [-0.4, -0.2) is 50.4 Å². The number of cyclic esters (lactones) is 1. The third-order valence-electron chi connectivity index (χ3n) is 3.62. The molecule has 0 spiro atoms. The summed E-state index contributed by atoms with van der Waals surface area (Å²) in [4.78, 5) is 11.5. The summed E-state index contributed by atoms with van der Waals surface area (Å²) >= 11 is 0. The largest absolute Gasteiger partial charge is 0.454 e. The molecule has 3 atom stereocenters. The maximum Gasteiger partial charge on any atom is 0.309 e. The summed E-state index contributed by atoms with van der Waals surface area (Å²) in [5, 5.41) is 9.94. The number of hydrogen-bond acceptors (Lipinski definition) is 6. The molecule has 0 bridgehead atoms. The fourth-order valence-electron chi connectivity index (χ4n) is 2.37. The van der Waals surface area contributed by atoms with Crippen molar-refractivity contribution in [1.29, 1.82) is 0 Å². The van der Waals surface area contributed by atoms with Gasteiger partial charge in [-0.05, 0) is 0 Å². The molecule has 2 rings (SSSR count). The molecule has 0 aromatic heterocycles. The van der Waals surface area contributed by atoms with Crippen molar-refractivity contribution in [1.82, 2.24) is 0 Å². The van der Waals surface area contributed by atoms with Crippen molar-refractivity contribution in [2.75, 3.05) is 27.1 Å². The number of ether oxygens (including phenoxy) is 4. The minimum atomic E-state index is -2.35. The molecule has 1 saturated heterocycles. The van der Waals surface area contributed by atoms with E-state index in [0.29, 0.717) is 0 Å². The maximum absolute atomic E-state index is 14.0. The van der Waals surface area contributed by atoms with Crippen LogP contribution in [0.1, 0.15) is 18.1 Å². The van der Waals surface area contributed by atoms with Crippen molar-refractivity contribution >= 4 is 5.97 Å². The Hall–Kier alpha value is -1.82. The Morgan fingerprint density at radius 2 is 1.62 bits per heavy atom. The van der Waals surface area contributed by atoms with Gasteiger partial charge in [0.05, 0.1) is 31.3 Å². The average molecular weight is 386 g/mol. The first-order valence-corrected chi connectivity index (χ1v) is 7.36. The number of hydrogen-bond donors (Lipinski definition) is 1. The number of halogens is 5. The lowest BCUT2D eigenvalue weighted by Gasteiger charge is -2.35. The third kappa shape index (κ3) is 4.11. The van der Waals surface area contributed by atoms with Crippen molar-refractivity contribution in [3.05, 3.63) is 34.6 Å². The zero-order chi connectivity index (χ0) is 19.4. The van der Waals surface area contributed by atoms with E-state index in [1.54, 1.807) is 0 Å². The Morgan fingerprint density at radius 1 is 1.04 bits per heavy atom. The highest BCUT2D eigenvalue weighted by Gasteiger charge is 2.44. The SMILES string of the molecule is COCCOCO[C@H]1[C@H](O)CC(=O)O[C@H]1c1c(F)c(F)c(F)c(F)c1F. The highest BCUT2D eigenvalue weighted by molar-refractivity contribution is 5.71. The summed E-state index contributed by atoms with van der Waals surface area (Å²) in [6.07, 6.45) is -5.86. The Bertz CT molecular complexity index is 641. The van der Waals surface area contributed by atoms with E-state index in [1.165, 1.54) is 7.11 Å². The predicted octanol–water partition coefficient (Wildman–Crippen LogP) is 1.74. The second-order valence-electron chi connectivity index (χ2n) is 5.32. The number of carbonyl (C=O) groups excluding carboxylic acids is 1. The molecule has 0 radical (unpaired) electrons. The number of carbonyl (C=O) groups is 1. The normalized spacial score (nSPS) is 23.2. The van der Waals surface area contributed by atoms with Gasteiger partial charge in [0.25, 0.3) is 0 Å². The first-order valence-electron chi connectivity index (χ1n) is 7.36. The molecule has 0 unspecified atom stereocenters. The molecule has 26 heavy (non-hydrogen) atoms. The lowest BCUT2D eigenvalue weighted by atomic mass is 9.94. The first kappa shape index (κ1) is 20.5. The van der Waals surface area contributed by atoms with Crippen LogP contribution in [0.3, 0.4) is 0 Å². The number of methoxy groups -OCH3 is 1. The van der Waals surface area contributed by atoms with E-state index in [2.05, 4.69) is 0 Å². The molecule has 1 N–H and O–H groups in total. The fourth-order valence-corrected chi connectivity index (χ4v) is 2.37. The fraction of sp³-hybridized carbons (Fsp3) is 0.533. The van der Waals surface area contributed by atoms with E-state index < -0.39 is 72.1 Å². The van der Waals surface area contributed by atoms with E-state index in [9.17, 15) is 31.9 Å². The zero-order valence-corrected chi connectivity index (χ0v) is 13.4. The molecule has 1 aromatic carbocycles. The predicted molar refractivity (Wildman–Crippen MR) is 73.3 cm³/mol. The third-order valence-corrected chi connectivity index (χ3v) is 3.62. The Labute approximate surface area is 144 Å². The van der Waals surface area contributed by atoms with Gasteiger partial charge < -0.3 is 24.1 Å². The molecule has 0 saturated carbocycles. The molecule has 1 aromatic rings. The van der Waals surface area contributed by atoms with Crippen molar-refractivity contribution in [3.63, 3.8) is 0 Å². The van der Waals surface area contributed by atoms with Crippen molar-refractivity contribution in [3.8, 4) is 0 Å². The number of rotatable bonds is 7. The molecule has 6 nitrogen and oxygen atoms in total. The van der Waals surface area contributed by atoms with E-state index >= 15 is 0 Å². The van der Waals surface area contributed by atoms with Crippen molar-refractivity contribution in [2.24, 2.45) is 0 Å². The second-order valence-corrected chi connectivity index (χ2v) is 5.32. The van der Waals surface area contributed by atoms with Crippen LogP contribution in [0.2, 0.25) is 0 Å². The Balaban J connectivity index is 2.32. The number of aliphatic hydroxyl groups excluding tert-OH is 1. The van der Waals surface area contributed by atoms with Crippen LogP contribution >= 0.6 is 0 Å². The lowest BCUT2D eigenvalue weighted by molar-refractivity contribution is -0.207. The van der Waals surface area contributed by atoms with Crippen molar-refractivity contribution in [2.45, 2.75) is 24.7 Å². The molecule has 1 aliphatic rings.